The van der Waals surface area contributed by atoms with Gasteiger partial charge in [-0.3, -0.25) is 11.3 Å². The number of nitrogens with one attached hydrogen (secondary N) is 1. The third-order valence-corrected chi connectivity index (χ3v) is 3.63. The van der Waals surface area contributed by atoms with Gasteiger partial charge in [0.1, 0.15) is 5.82 Å². The zero-order valence-corrected chi connectivity index (χ0v) is 11.8. The number of imidazole rings is 1. The maximum atomic E-state index is 14.0. The van der Waals surface area contributed by atoms with Gasteiger partial charge < -0.3 is 4.57 Å². The second-order valence-electron chi connectivity index (χ2n) is 5.13. The van der Waals surface area contributed by atoms with Crippen molar-refractivity contribution < 1.29 is 4.39 Å². The van der Waals surface area contributed by atoms with Gasteiger partial charge in [0.25, 0.3) is 0 Å². The lowest BCUT2D eigenvalue weighted by atomic mass is 10.0. The van der Waals surface area contributed by atoms with Crippen molar-refractivity contribution in [3.63, 3.8) is 0 Å². The summed E-state index contributed by atoms with van der Waals surface area (Å²) in [4.78, 5) is 4.34. The highest BCUT2D eigenvalue weighted by Crippen LogP contribution is 2.22. The van der Waals surface area contributed by atoms with Crippen molar-refractivity contribution in [1.82, 2.24) is 15.0 Å². The molecular formula is C16H17FN4. The summed E-state index contributed by atoms with van der Waals surface area (Å²) in [6, 6.07) is 12.6. The molecule has 21 heavy (non-hydrogen) atoms. The molecule has 0 aliphatic rings. The fraction of sp³-hybridized carbons (Fsp3) is 0.188. The van der Waals surface area contributed by atoms with Gasteiger partial charge in [-0.25, -0.2) is 9.37 Å². The van der Waals surface area contributed by atoms with E-state index >= 15 is 0 Å². The molecule has 0 spiro atoms. The second-order valence-corrected chi connectivity index (χ2v) is 5.13. The van der Waals surface area contributed by atoms with Gasteiger partial charge in [-0.05, 0) is 25.1 Å². The number of aromatic nitrogens is 2. The van der Waals surface area contributed by atoms with E-state index < -0.39 is 0 Å². The number of aryl methyl sites for hydroxylation is 1. The molecule has 3 aromatic rings. The molecule has 0 saturated carbocycles. The SMILES string of the molecule is Cc1ccc(F)c(C(Cn2cnc3ccccc32)NN)c1. The van der Waals surface area contributed by atoms with Crippen LogP contribution in [0.5, 0.6) is 0 Å². The van der Waals surface area contributed by atoms with Crippen LogP contribution in [0.2, 0.25) is 0 Å². The van der Waals surface area contributed by atoms with E-state index in [4.69, 9.17) is 5.84 Å². The molecule has 3 N–H and O–H groups in total. The van der Waals surface area contributed by atoms with Crippen LogP contribution in [0.3, 0.4) is 0 Å². The molecule has 4 nitrogen and oxygen atoms in total. The number of nitrogens with two attached hydrogens (primary N) is 1. The molecule has 3 rings (SSSR count). The van der Waals surface area contributed by atoms with Crippen molar-refractivity contribution in [2.45, 2.75) is 19.5 Å². The van der Waals surface area contributed by atoms with Gasteiger partial charge in [0.2, 0.25) is 0 Å². The van der Waals surface area contributed by atoms with Crippen molar-refractivity contribution in [3.05, 3.63) is 65.7 Å². The van der Waals surface area contributed by atoms with Gasteiger partial charge >= 0.3 is 0 Å². The number of benzene rings is 2. The van der Waals surface area contributed by atoms with Crippen LogP contribution in [0.25, 0.3) is 11.0 Å². The zero-order valence-electron chi connectivity index (χ0n) is 11.8. The van der Waals surface area contributed by atoms with Crippen molar-refractivity contribution >= 4 is 11.0 Å². The number of halogens is 1. The second kappa shape index (κ2) is 5.63. The first kappa shape index (κ1) is 13.7. The van der Waals surface area contributed by atoms with Crippen LogP contribution in [0.15, 0.2) is 48.8 Å². The smallest absolute Gasteiger partial charge is 0.128 e. The van der Waals surface area contributed by atoms with E-state index in [0.717, 1.165) is 16.6 Å². The first-order valence-electron chi connectivity index (χ1n) is 6.81. The number of hydrogen-bond acceptors (Lipinski definition) is 3. The van der Waals surface area contributed by atoms with Gasteiger partial charge in [0.15, 0.2) is 0 Å². The van der Waals surface area contributed by atoms with E-state index in [9.17, 15) is 4.39 Å². The fourth-order valence-corrected chi connectivity index (χ4v) is 2.52. The summed E-state index contributed by atoms with van der Waals surface area (Å²) in [5.41, 5.74) is 6.19. The van der Waals surface area contributed by atoms with Crippen molar-refractivity contribution in [1.29, 1.82) is 0 Å². The average molecular weight is 284 g/mol. The molecular weight excluding hydrogens is 267 g/mol. The highest BCUT2D eigenvalue weighted by molar-refractivity contribution is 5.74. The molecule has 0 fully saturated rings. The van der Waals surface area contributed by atoms with Crippen LogP contribution in [-0.2, 0) is 6.54 Å². The van der Waals surface area contributed by atoms with Crippen LogP contribution in [0.1, 0.15) is 17.2 Å². The van der Waals surface area contributed by atoms with E-state index in [1.165, 1.54) is 6.07 Å². The van der Waals surface area contributed by atoms with Crippen LogP contribution in [0, 0.1) is 12.7 Å². The number of rotatable bonds is 4. The standard InChI is InChI=1S/C16H17FN4/c1-11-6-7-13(17)12(8-11)15(20-18)9-21-10-19-14-4-2-3-5-16(14)21/h2-8,10,15,20H,9,18H2,1H3. The molecule has 1 atom stereocenters. The molecule has 0 amide bonds. The quantitative estimate of drug-likeness (QED) is 0.572. The summed E-state index contributed by atoms with van der Waals surface area (Å²) >= 11 is 0. The molecule has 1 aromatic heterocycles. The van der Waals surface area contributed by atoms with E-state index in [-0.39, 0.29) is 11.9 Å². The number of hydrogen-bond donors (Lipinski definition) is 2. The topological polar surface area (TPSA) is 55.9 Å². The van der Waals surface area contributed by atoms with Crippen LogP contribution in [0.4, 0.5) is 4.39 Å². The first-order chi connectivity index (χ1) is 10.2. The van der Waals surface area contributed by atoms with Crippen molar-refractivity contribution in [3.8, 4) is 0 Å². The molecule has 0 radical (unpaired) electrons. The summed E-state index contributed by atoms with van der Waals surface area (Å²) in [6.45, 7) is 2.44. The third kappa shape index (κ3) is 2.66. The minimum Gasteiger partial charge on any atom is -0.329 e. The summed E-state index contributed by atoms with van der Waals surface area (Å²) in [6.07, 6.45) is 1.75. The summed E-state index contributed by atoms with van der Waals surface area (Å²) in [5, 5.41) is 0. The van der Waals surface area contributed by atoms with Gasteiger partial charge in [-0.15, -0.1) is 0 Å². The van der Waals surface area contributed by atoms with Gasteiger partial charge in [0, 0.05) is 12.1 Å². The summed E-state index contributed by atoms with van der Waals surface area (Å²) in [7, 11) is 0. The third-order valence-electron chi connectivity index (χ3n) is 3.63. The molecule has 0 aliphatic carbocycles. The monoisotopic (exact) mass is 284 g/mol. The molecule has 1 unspecified atom stereocenters. The molecule has 5 heteroatoms. The normalized spacial score (nSPS) is 12.7. The van der Waals surface area contributed by atoms with Crippen LogP contribution >= 0.6 is 0 Å². The minimum atomic E-state index is -0.317. The lowest BCUT2D eigenvalue weighted by Gasteiger charge is -2.18. The first-order valence-corrected chi connectivity index (χ1v) is 6.81. The molecule has 108 valence electrons. The average Bonchev–Trinajstić information content (AvgIpc) is 2.91. The Morgan fingerprint density at radius 2 is 2.10 bits per heavy atom. The predicted molar refractivity (Wildman–Crippen MR) is 80.9 cm³/mol. The Bertz CT molecular complexity index is 766. The van der Waals surface area contributed by atoms with Gasteiger partial charge in [0.05, 0.1) is 23.4 Å². The Morgan fingerprint density at radius 1 is 1.29 bits per heavy atom. The highest BCUT2D eigenvalue weighted by Gasteiger charge is 2.16. The number of para-hydroxylation sites is 2. The largest absolute Gasteiger partial charge is 0.329 e. The minimum absolute atomic E-state index is 0.257. The molecule has 1 heterocycles. The van der Waals surface area contributed by atoms with E-state index in [0.29, 0.717) is 12.1 Å². The maximum absolute atomic E-state index is 14.0. The molecule has 0 aliphatic heterocycles. The van der Waals surface area contributed by atoms with Crippen LogP contribution in [-0.4, -0.2) is 9.55 Å². The maximum Gasteiger partial charge on any atom is 0.128 e. The molecule has 2 aromatic carbocycles. The zero-order chi connectivity index (χ0) is 14.8. The Labute approximate surface area is 122 Å². The van der Waals surface area contributed by atoms with Gasteiger partial charge in [-0.1, -0.05) is 29.8 Å². The molecule has 0 bridgehead atoms. The highest BCUT2D eigenvalue weighted by atomic mass is 19.1. The Morgan fingerprint density at radius 3 is 2.90 bits per heavy atom. The number of fused-ring (bicyclic) bond motifs is 1. The number of hydrazine groups is 1. The van der Waals surface area contributed by atoms with Crippen molar-refractivity contribution in [2.75, 3.05) is 0 Å². The lowest BCUT2D eigenvalue weighted by Crippen LogP contribution is -2.31. The van der Waals surface area contributed by atoms with Crippen molar-refractivity contribution in [2.24, 2.45) is 5.84 Å². The van der Waals surface area contributed by atoms with E-state index in [2.05, 4.69) is 10.4 Å². The lowest BCUT2D eigenvalue weighted by molar-refractivity contribution is 0.458. The fourth-order valence-electron chi connectivity index (χ4n) is 2.52. The summed E-state index contributed by atoms with van der Waals surface area (Å²) < 4.78 is 16.0. The Kier molecular flexibility index (Phi) is 3.68. The van der Waals surface area contributed by atoms with E-state index in [1.807, 2.05) is 41.8 Å². The summed E-state index contributed by atoms with van der Waals surface area (Å²) in [5.74, 6) is 5.38. The Hall–Kier alpha value is -2.24. The van der Waals surface area contributed by atoms with E-state index in [1.54, 1.807) is 12.4 Å². The Balaban J connectivity index is 1.96. The van der Waals surface area contributed by atoms with Gasteiger partial charge in [-0.2, -0.15) is 0 Å². The number of nitrogens with zero attached hydrogens (tertiary/aromatic N) is 2. The van der Waals surface area contributed by atoms with Crippen LogP contribution < -0.4 is 11.3 Å². The molecule has 0 saturated heterocycles. The predicted octanol–water partition coefficient (Wildman–Crippen LogP) is 2.69.